The number of nitrogens with zero attached hydrogens (tertiary/aromatic N) is 1. The quantitative estimate of drug-likeness (QED) is 0.544. The third kappa shape index (κ3) is 2.31. The molecule has 0 bridgehead atoms. The molecule has 1 rings (SSSR count). The Morgan fingerprint density at radius 3 is 3.00 bits per heavy atom. The van der Waals surface area contributed by atoms with Crippen LogP contribution in [0.15, 0.2) is 0 Å². The fourth-order valence-corrected chi connectivity index (χ4v) is 1.15. The number of hydrogen-bond acceptors (Lipinski definition) is 1. The monoisotopic (exact) mass is 130 g/mol. The molecule has 0 unspecified atom stereocenters. The van der Waals surface area contributed by atoms with Gasteiger partial charge in [0.25, 0.3) is 0 Å². The van der Waals surface area contributed by atoms with Crippen molar-refractivity contribution in [1.82, 2.24) is 4.90 Å². The lowest BCUT2D eigenvalue weighted by molar-refractivity contribution is 0.239. The number of halogens is 1. The molecule has 1 radical (unpaired) electrons. The average Bonchev–Trinajstić information content (AvgIpc) is 1.91. The molecular weight excluding hydrogens is 117 g/mol. The second-order valence-corrected chi connectivity index (χ2v) is 2.42. The standard InChI is InChI=1S/C7H13FN/c8-4-7-9-5-2-1-3-6-9/h2H,1,3-7H2. The maximum atomic E-state index is 11.7. The summed E-state index contributed by atoms with van der Waals surface area (Å²) in [7, 11) is 0. The van der Waals surface area contributed by atoms with Crippen molar-refractivity contribution in [2.45, 2.75) is 12.8 Å². The molecule has 0 saturated carbocycles. The van der Waals surface area contributed by atoms with Crippen LogP contribution in [0.4, 0.5) is 4.39 Å². The minimum Gasteiger partial charge on any atom is -0.300 e. The van der Waals surface area contributed by atoms with Crippen molar-refractivity contribution in [3.63, 3.8) is 0 Å². The second kappa shape index (κ2) is 3.83. The summed E-state index contributed by atoms with van der Waals surface area (Å²) in [5, 5.41) is 0. The van der Waals surface area contributed by atoms with Crippen LogP contribution < -0.4 is 0 Å². The molecule has 0 aliphatic carbocycles. The molecule has 0 aromatic carbocycles. The van der Waals surface area contributed by atoms with Crippen LogP contribution in [-0.2, 0) is 0 Å². The second-order valence-electron chi connectivity index (χ2n) is 2.42. The molecule has 0 aromatic rings. The Balaban J connectivity index is 2.08. The van der Waals surface area contributed by atoms with E-state index in [1.807, 2.05) is 0 Å². The van der Waals surface area contributed by atoms with E-state index in [1.165, 1.54) is 12.8 Å². The molecule has 0 amide bonds. The van der Waals surface area contributed by atoms with Crippen molar-refractivity contribution >= 4 is 0 Å². The fourth-order valence-electron chi connectivity index (χ4n) is 1.15. The van der Waals surface area contributed by atoms with Crippen LogP contribution in [0.25, 0.3) is 0 Å². The van der Waals surface area contributed by atoms with Gasteiger partial charge in [0.15, 0.2) is 0 Å². The van der Waals surface area contributed by atoms with Crippen LogP contribution in [0.5, 0.6) is 0 Å². The topological polar surface area (TPSA) is 3.24 Å². The van der Waals surface area contributed by atoms with Crippen LogP contribution >= 0.6 is 0 Å². The first-order chi connectivity index (χ1) is 4.43. The lowest BCUT2D eigenvalue weighted by Crippen LogP contribution is -2.31. The van der Waals surface area contributed by atoms with Crippen LogP contribution in [0, 0.1) is 6.42 Å². The van der Waals surface area contributed by atoms with Gasteiger partial charge in [0.05, 0.1) is 0 Å². The number of hydrogen-bond donors (Lipinski definition) is 0. The van der Waals surface area contributed by atoms with Crippen molar-refractivity contribution in [3.8, 4) is 0 Å². The first kappa shape index (κ1) is 7.00. The predicted molar refractivity (Wildman–Crippen MR) is 35.9 cm³/mol. The van der Waals surface area contributed by atoms with E-state index >= 15 is 0 Å². The first-order valence-corrected chi connectivity index (χ1v) is 3.53. The zero-order chi connectivity index (χ0) is 6.53. The maximum Gasteiger partial charge on any atom is 0.102 e. The summed E-state index contributed by atoms with van der Waals surface area (Å²) in [6, 6.07) is 0. The van der Waals surface area contributed by atoms with Gasteiger partial charge in [-0.25, -0.2) is 4.39 Å². The highest BCUT2D eigenvalue weighted by Gasteiger charge is 2.08. The first-order valence-electron chi connectivity index (χ1n) is 3.53. The highest BCUT2D eigenvalue weighted by molar-refractivity contribution is 4.76. The Labute approximate surface area is 55.8 Å². The number of rotatable bonds is 2. The van der Waals surface area contributed by atoms with E-state index in [1.54, 1.807) is 0 Å². The molecular formula is C7H13FN. The van der Waals surface area contributed by atoms with Crippen molar-refractivity contribution in [3.05, 3.63) is 6.42 Å². The van der Waals surface area contributed by atoms with E-state index in [0.717, 1.165) is 13.1 Å². The van der Waals surface area contributed by atoms with Gasteiger partial charge in [0, 0.05) is 13.1 Å². The molecule has 1 aliphatic rings. The Morgan fingerprint density at radius 1 is 1.56 bits per heavy atom. The summed E-state index contributed by atoms with van der Waals surface area (Å²) in [6.45, 7) is 2.49. The normalized spacial score (nSPS) is 22.3. The SMILES string of the molecule is FCCN1C[CH]CCC1. The summed E-state index contributed by atoms with van der Waals surface area (Å²) in [6.07, 6.45) is 4.64. The molecule has 9 heavy (non-hydrogen) atoms. The zero-order valence-corrected chi connectivity index (χ0v) is 5.65. The molecule has 0 atom stereocenters. The van der Waals surface area contributed by atoms with Crippen molar-refractivity contribution in [1.29, 1.82) is 0 Å². The van der Waals surface area contributed by atoms with Crippen LogP contribution in [0.3, 0.4) is 0 Å². The highest BCUT2D eigenvalue weighted by Crippen LogP contribution is 2.06. The van der Waals surface area contributed by atoms with Gasteiger partial charge < -0.3 is 4.90 Å². The molecule has 2 heteroatoms. The Kier molecular flexibility index (Phi) is 2.98. The van der Waals surface area contributed by atoms with E-state index in [2.05, 4.69) is 11.3 Å². The Hall–Kier alpha value is -0.110. The summed E-state index contributed by atoms with van der Waals surface area (Å²) >= 11 is 0. The van der Waals surface area contributed by atoms with E-state index in [9.17, 15) is 4.39 Å². The summed E-state index contributed by atoms with van der Waals surface area (Å²) in [5.74, 6) is 0. The van der Waals surface area contributed by atoms with E-state index in [4.69, 9.17) is 0 Å². The average molecular weight is 130 g/mol. The number of likely N-dealkylation sites (tertiary alicyclic amines) is 1. The smallest absolute Gasteiger partial charge is 0.102 e. The minimum absolute atomic E-state index is 0.201. The molecule has 0 spiro atoms. The van der Waals surface area contributed by atoms with Crippen LogP contribution in [-0.4, -0.2) is 31.2 Å². The number of alkyl halides is 1. The van der Waals surface area contributed by atoms with Gasteiger partial charge in [0.2, 0.25) is 0 Å². The number of piperidine rings is 1. The van der Waals surface area contributed by atoms with Gasteiger partial charge >= 0.3 is 0 Å². The largest absolute Gasteiger partial charge is 0.300 e. The Bertz CT molecular complexity index is 66.6. The highest BCUT2D eigenvalue weighted by atomic mass is 19.1. The molecule has 0 N–H and O–H groups in total. The molecule has 1 nitrogen and oxygen atoms in total. The van der Waals surface area contributed by atoms with Crippen molar-refractivity contribution < 1.29 is 4.39 Å². The molecule has 0 aromatic heterocycles. The predicted octanol–water partition coefficient (Wildman–Crippen LogP) is 1.26. The summed E-state index contributed by atoms with van der Waals surface area (Å²) < 4.78 is 11.7. The van der Waals surface area contributed by atoms with Crippen molar-refractivity contribution in [2.75, 3.05) is 26.3 Å². The molecule has 1 heterocycles. The molecule has 1 saturated heterocycles. The maximum absolute atomic E-state index is 11.7. The molecule has 1 aliphatic heterocycles. The third-order valence-electron chi connectivity index (χ3n) is 1.67. The van der Waals surface area contributed by atoms with Gasteiger partial charge in [-0.15, -0.1) is 0 Å². The van der Waals surface area contributed by atoms with Crippen molar-refractivity contribution in [2.24, 2.45) is 0 Å². The van der Waals surface area contributed by atoms with E-state index in [0.29, 0.717) is 6.54 Å². The summed E-state index contributed by atoms with van der Waals surface area (Å²) in [4.78, 5) is 2.14. The Morgan fingerprint density at radius 2 is 2.44 bits per heavy atom. The van der Waals surface area contributed by atoms with Gasteiger partial charge in [-0.1, -0.05) is 0 Å². The van der Waals surface area contributed by atoms with Gasteiger partial charge in [0.1, 0.15) is 6.67 Å². The van der Waals surface area contributed by atoms with E-state index in [-0.39, 0.29) is 6.67 Å². The van der Waals surface area contributed by atoms with Gasteiger partial charge in [-0.2, -0.15) is 0 Å². The lowest BCUT2D eigenvalue weighted by atomic mass is 10.1. The van der Waals surface area contributed by atoms with Gasteiger partial charge in [-0.05, 0) is 25.8 Å². The zero-order valence-electron chi connectivity index (χ0n) is 5.65. The van der Waals surface area contributed by atoms with E-state index < -0.39 is 0 Å². The third-order valence-corrected chi connectivity index (χ3v) is 1.67. The van der Waals surface area contributed by atoms with Crippen LogP contribution in [0.1, 0.15) is 12.8 Å². The summed E-state index contributed by atoms with van der Waals surface area (Å²) in [5.41, 5.74) is 0. The van der Waals surface area contributed by atoms with Gasteiger partial charge in [-0.3, -0.25) is 0 Å². The lowest BCUT2D eigenvalue weighted by Gasteiger charge is -2.24. The fraction of sp³-hybridized carbons (Fsp3) is 0.857. The molecule has 1 fully saturated rings. The molecule has 53 valence electrons. The van der Waals surface area contributed by atoms with Crippen LogP contribution in [0.2, 0.25) is 0 Å². The minimum atomic E-state index is -0.201.